The van der Waals surface area contributed by atoms with Crippen LogP contribution in [-0.2, 0) is 9.53 Å². The van der Waals surface area contributed by atoms with Crippen LogP contribution in [0.1, 0.15) is 12.8 Å². The summed E-state index contributed by atoms with van der Waals surface area (Å²) in [7, 11) is 0. The summed E-state index contributed by atoms with van der Waals surface area (Å²) in [6.45, 7) is 1.69. The molecule has 1 rings (SSSR count). The van der Waals surface area contributed by atoms with E-state index in [1.165, 1.54) is 0 Å². The molecule has 14 heavy (non-hydrogen) atoms. The minimum absolute atomic E-state index is 0.0102. The first-order chi connectivity index (χ1) is 6.79. The fourth-order valence-corrected chi connectivity index (χ4v) is 1.68. The Morgan fingerprint density at radius 2 is 2.43 bits per heavy atom. The highest BCUT2D eigenvalue weighted by Crippen LogP contribution is 2.16. The Balaban J connectivity index is 2.28. The molecule has 1 atom stereocenters. The van der Waals surface area contributed by atoms with Gasteiger partial charge in [0.05, 0.1) is 19.3 Å². The number of amides is 1. The van der Waals surface area contributed by atoms with Gasteiger partial charge in [0.2, 0.25) is 5.91 Å². The van der Waals surface area contributed by atoms with Crippen LogP contribution in [0.5, 0.6) is 0 Å². The average molecular weight is 202 g/mol. The van der Waals surface area contributed by atoms with Crippen molar-refractivity contribution in [2.45, 2.75) is 18.9 Å². The zero-order valence-corrected chi connectivity index (χ0v) is 8.32. The van der Waals surface area contributed by atoms with Gasteiger partial charge in [-0.1, -0.05) is 0 Å². The Kier molecular flexibility index (Phi) is 4.86. The lowest BCUT2D eigenvalue weighted by Gasteiger charge is -2.22. The van der Waals surface area contributed by atoms with Crippen LogP contribution < -0.4 is 5.73 Å². The highest BCUT2D eigenvalue weighted by atomic mass is 16.5. The lowest BCUT2D eigenvalue weighted by molar-refractivity contribution is -0.137. The molecule has 1 fully saturated rings. The number of aliphatic hydroxyl groups is 1. The minimum Gasteiger partial charge on any atom is -0.394 e. The van der Waals surface area contributed by atoms with E-state index in [0.29, 0.717) is 13.2 Å². The molecule has 0 aromatic rings. The first-order valence-electron chi connectivity index (χ1n) is 4.97. The Morgan fingerprint density at radius 3 is 3.07 bits per heavy atom. The molecule has 1 amide bonds. The highest BCUT2D eigenvalue weighted by molar-refractivity contribution is 5.78. The summed E-state index contributed by atoms with van der Waals surface area (Å²) in [6, 6.07) is -0.0102. The molecule has 3 N–H and O–H groups in total. The predicted molar refractivity (Wildman–Crippen MR) is 51.7 cm³/mol. The number of nitrogens with two attached hydrogens (primary N) is 1. The number of rotatable bonds is 5. The molecule has 1 saturated heterocycles. The van der Waals surface area contributed by atoms with Gasteiger partial charge >= 0.3 is 0 Å². The molecular formula is C9H18N2O3. The average Bonchev–Trinajstić information content (AvgIpc) is 2.65. The lowest BCUT2D eigenvalue weighted by Crippen LogP contribution is -2.40. The monoisotopic (exact) mass is 202 g/mol. The van der Waals surface area contributed by atoms with Crippen molar-refractivity contribution in [1.82, 2.24) is 4.90 Å². The zero-order valence-electron chi connectivity index (χ0n) is 8.32. The Hall–Kier alpha value is -0.650. The summed E-state index contributed by atoms with van der Waals surface area (Å²) in [5.41, 5.74) is 5.23. The van der Waals surface area contributed by atoms with E-state index < -0.39 is 0 Å². The van der Waals surface area contributed by atoms with Crippen molar-refractivity contribution in [3.05, 3.63) is 0 Å². The summed E-state index contributed by atoms with van der Waals surface area (Å²) >= 11 is 0. The summed E-state index contributed by atoms with van der Waals surface area (Å²) in [6.07, 6.45) is 1.85. The van der Waals surface area contributed by atoms with Gasteiger partial charge < -0.3 is 20.5 Å². The molecule has 1 aliphatic rings. The van der Waals surface area contributed by atoms with E-state index in [0.717, 1.165) is 19.4 Å². The molecule has 82 valence electrons. The number of likely N-dealkylation sites (tertiary alicyclic amines) is 1. The molecule has 5 nitrogen and oxygen atoms in total. The number of carbonyl (C=O) groups excluding carboxylic acids is 1. The van der Waals surface area contributed by atoms with Crippen molar-refractivity contribution >= 4 is 5.91 Å². The maximum Gasteiger partial charge on any atom is 0.248 e. The molecule has 1 aliphatic heterocycles. The smallest absolute Gasteiger partial charge is 0.248 e. The van der Waals surface area contributed by atoms with Crippen LogP contribution in [0.3, 0.4) is 0 Å². The third kappa shape index (κ3) is 2.94. The molecule has 0 bridgehead atoms. The topological polar surface area (TPSA) is 75.8 Å². The van der Waals surface area contributed by atoms with E-state index in [2.05, 4.69) is 0 Å². The standard InChI is InChI=1S/C9H18N2O3/c10-3-5-14-7-9(13)11-4-1-2-8(11)6-12/h8,12H,1-7,10H2/t8-/m1/s1. The van der Waals surface area contributed by atoms with E-state index in [9.17, 15) is 4.79 Å². The van der Waals surface area contributed by atoms with Crippen LogP contribution in [0.2, 0.25) is 0 Å². The molecular weight excluding hydrogens is 184 g/mol. The van der Waals surface area contributed by atoms with Gasteiger partial charge in [-0.05, 0) is 12.8 Å². The first-order valence-corrected chi connectivity index (χ1v) is 4.97. The largest absolute Gasteiger partial charge is 0.394 e. The Labute approximate surface area is 83.8 Å². The number of hydrogen-bond acceptors (Lipinski definition) is 4. The highest BCUT2D eigenvalue weighted by Gasteiger charge is 2.27. The van der Waals surface area contributed by atoms with Gasteiger partial charge in [0.15, 0.2) is 0 Å². The molecule has 0 radical (unpaired) electrons. The first kappa shape index (κ1) is 11.4. The second-order valence-corrected chi connectivity index (χ2v) is 3.41. The molecule has 1 heterocycles. The number of nitrogens with zero attached hydrogens (tertiary/aromatic N) is 1. The normalized spacial score (nSPS) is 21.6. The molecule has 0 aromatic carbocycles. The molecule has 0 spiro atoms. The van der Waals surface area contributed by atoms with E-state index in [4.69, 9.17) is 15.6 Å². The molecule has 0 unspecified atom stereocenters. The van der Waals surface area contributed by atoms with Crippen LogP contribution in [0, 0.1) is 0 Å². The maximum absolute atomic E-state index is 11.5. The van der Waals surface area contributed by atoms with Crippen molar-refractivity contribution in [3.63, 3.8) is 0 Å². The molecule has 0 aliphatic carbocycles. The van der Waals surface area contributed by atoms with E-state index in [-0.39, 0.29) is 25.2 Å². The van der Waals surface area contributed by atoms with Gasteiger partial charge in [0.25, 0.3) is 0 Å². The van der Waals surface area contributed by atoms with Gasteiger partial charge in [-0.25, -0.2) is 0 Å². The molecule has 0 saturated carbocycles. The molecule has 5 heteroatoms. The predicted octanol–water partition coefficient (Wildman–Crippen LogP) is -1.05. The van der Waals surface area contributed by atoms with E-state index in [1.807, 2.05) is 0 Å². The van der Waals surface area contributed by atoms with E-state index in [1.54, 1.807) is 4.90 Å². The van der Waals surface area contributed by atoms with Crippen molar-refractivity contribution < 1.29 is 14.6 Å². The zero-order chi connectivity index (χ0) is 10.4. The van der Waals surface area contributed by atoms with Crippen LogP contribution in [0.15, 0.2) is 0 Å². The van der Waals surface area contributed by atoms with Crippen molar-refractivity contribution in [2.24, 2.45) is 5.73 Å². The number of ether oxygens (including phenoxy) is 1. The quantitative estimate of drug-likeness (QED) is 0.557. The fraction of sp³-hybridized carbons (Fsp3) is 0.889. The van der Waals surface area contributed by atoms with Crippen LogP contribution in [0.4, 0.5) is 0 Å². The van der Waals surface area contributed by atoms with Crippen molar-refractivity contribution in [2.75, 3.05) is 32.9 Å². The summed E-state index contributed by atoms with van der Waals surface area (Å²) < 4.78 is 5.05. The van der Waals surface area contributed by atoms with Gasteiger partial charge in [-0.15, -0.1) is 0 Å². The van der Waals surface area contributed by atoms with Gasteiger partial charge in [0.1, 0.15) is 6.61 Å². The van der Waals surface area contributed by atoms with Crippen molar-refractivity contribution in [3.8, 4) is 0 Å². The molecule has 0 aromatic heterocycles. The number of carbonyl (C=O) groups is 1. The van der Waals surface area contributed by atoms with Crippen LogP contribution in [0.25, 0.3) is 0 Å². The SMILES string of the molecule is NCCOCC(=O)N1CCC[C@@H]1CO. The third-order valence-electron chi connectivity index (χ3n) is 2.40. The van der Waals surface area contributed by atoms with Crippen molar-refractivity contribution in [1.29, 1.82) is 0 Å². The van der Waals surface area contributed by atoms with Crippen LogP contribution in [-0.4, -0.2) is 54.9 Å². The summed E-state index contributed by atoms with van der Waals surface area (Å²) in [5, 5.41) is 9.00. The number of aliphatic hydroxyl groups excluding tert-OH is 1. The fourth-order valence-electron chi connectivity index (χ4n) is 1.68. The lowest BCUT2D eigenvalue weighted by atomic mass is 10.2. The summed E-state index contributed by atoms with van der Waals surface area (Å²) in [4.78, 5) is 13.2. The Morgan fingerprint density at radius 1 is 1.64 bits per heavy atom. The third-order valence-corrected chi connectivity index (χ3v) is 2.40. The second-order valence-electron chi connectivity index (χ2n) is 3.41. The van der Waals surface area contributed by atoms with Gasteiger partial charge in [0, 0.05) is 13.1 Å². The maximum atomic E-state index is 11.5. The minimum atomic E-state index is -0.0463. The summed E-state index contributed by atoms with van der Waals surface area (Å²) in [5.74, 6) is -0.0463. The van der Waals surface area contributed by atoms with Crippen LogP contribution >= 0.6 is 0 Å². The number of hydrogen-bond donors (Lipinski definition) is 2. The Bertz CT molecular complexity index is 187. The van der Waals surface area contributed by atoms with Gasteiger partial charge in [-0.3, -0.25) is 4.79 Å². The van der Waals surface area contributed by atoms with Gasteiger partial charge in [-0.2, -0.15) is 0 Å². The van der Waals surface area contributed by atoms with E-state index >= 15 is 0 Å². The second kappa shape index (κ2) is 5.95.